The highest BCUT2D eigenvalue weighted by Gasteiger charge is 2.15. The first-order valence-electron chi connectivity index (χ1n) is 6.42. The van der Waals surface area contributed by atoms with Crippen LogP contribution in [0.2, 0.25) is 0 Å². The fraction of sp³-hybridized carbons (Fsp3) is 0.286. The van der Waals surface area contributed by atoms with E-state index >= 15 is 0 Å². The molecule has 0 aliphatic carbocycles. The van der Waals surface area contributed by atoms with Crippen molar-refractivity contribution in [3.8, 4) is 5.75 Å². The summed E-state index contributed by atoms with van der Waals surface area (Å²) < 4.78 is 5.26. The third-order valence-electron chi connectivity index (χ3n) is 2.75. The summed E-state index contributed by atoms with van der Waals surface area (Å²) in [6.45, 7) is 1.92. The molecule has 0 fully saturated rings. The first kappa shape index (κ1) is 15.3. The molecule has 2 aromatic rings. The Morgan fingerprint density at radius 2 is 2.19 bits per heavy atom. The summed E-state index contributed by atoms with van der Waals surface area (Å²) >= 11 is 1.26. The van der Waals surface area contributed by atoms with Crippen LogP contribution >= 0.6 is 11.3 Å². The number of anilines is 2. The maximum Gasteiger partial charge on any atom is 0.263 e. The molecule has 6 nitrogen and oxygen atoms in total. The number of aliphatic hydroxyl groups excluding tert-OH is 1. The molecule has 3 N–H and O–H groups in total. The molecule has 0 aliphatic heterocycles. The third-order valence-corrected chi connectivity index (χ3v) is 3.82. The molecule has 0 atom stereocenters. The number of nitrogens with zero attached hydrogens (tertiary/aromatic N) is 1. The zero-order valence-corrected chi connectivity index (χ0v) is 12.7. The summed E-state index contributed by atoms with van der Waals surface area (Å²) in [5.74, 6) is 0.476. The molecule has 7 heteroatoms. The lowest BCUT2D eigenvalue weighted by molar-refractivity contribution is 0.0948. The van der Waals surface area contributed by atoms with Crippen molar-refractivity contribution in [3.63, 3.8) is 0 Å². The van der Waals surface area contributed by atoms with Gasteiger partial charge < -0.3 is 20.5 Å². The van der Waals surface area contributed by atoms with Crippen molar-refractivity contribution in [1.29, 1.82) is 0 Å². The van der Waals surface area contributed by atoms with Gasteiger partial charge in [0, 0.05) is 6.54 Å². The Labute approximate surface area is 126 Å². The van der Waals surface area contributed by atoms with E-state index in [-0.39, 0.29) is 19.1 Å². The Bertz CT molecular complexity index is 628. The van der Waals surface area contributed by atoms with Crippen molar-refractivity contribution in [2.75, 3.05) is 25.6 Å². The number of thiazole rings is 1. The second kappa shape index (κ2) is 7.05. The average Bonchev–Trinajstić information content (AvgIpc) is 2.86. The minimum Gasteiger partial charge on any atom is -0.495 e. The first-order chi connectivity index (χ1) is 10.2. The molecular formula is C14H17N3O3S. The predicted molar refractivity (Wildman–Crippen MR) is 82.5 cm³/mol. The molecule has 0 bridgehead atoms. The second-order valence-electron chi connectivity index (χ2n) is 4.24. The van der Waals surface area contributed by atoms with Gasteiger partial charge in [-0.1, -0.05) is 23.5 Å². The minimum absolute atomic E-state index is 0.0874. The van der Waals surface area contributed by atoms with Gasteiger partial charge in [-0.3, -0.25) is 4.79 Å². The average molecular weight is 307 g/mol. The molecule has 1 aromatic carbocycles. The summed E-state index contributed by atoms with van der Waals surface area (Å²) in [7, 11) is 1.60. The number of hydrogen-bond donors (Lipinski definition) is 3. The van der Waals surface area contributed by atoms with E-state index in [0.717, 1.165) is 5.69 Å². The number of benzene rings is 1. The summed E-state index contributed by atoms with van der Waals surface area (Å²) in [6, 6.07) is 7.49. The Hall–Kier alpha value is -2.12. The van der Waals surface area contributed by atoms with Crippen molar-refractivity contribution >= 4 is 28.1 Å². The number of aryl methyl sites for hydroxylation is 1. The van der Waals surface area contributed by atoms with E-state index in [9.17, 15) is 4.79 Å². The predicted octanol–water partition coefficient (Wildman–Crippen LogP) is 1.93. The highest BCUT2D eigenvalue weighted by atomic mass is 32.1. The summed E-state index contributed by atoms with van der Waals surface area (Å²) in [5.41, 5.74) is 1.43. The molecule has 1 aromatic heterocycles. The zero-order valence-electron chi connectivity index (χ0n) is 11.8. The fourth-order valence-corrected chi connectivity index (χ4v) is 2.67. The van der Waals surface area contributed by atoms with Crippen LogP contribution in [-0.2, 0) is 0 Å². The van der Waals surface area contributed by atoms with Crippen LogP contribution in [0.25, 0.3) is 0 Å². The Morgan fingerprint density at radius 3 is 2.90 bits per heavy atom. The van der Waals surface area contributed by atoms with Gasteiger partial charge in [-0.15, -0.1) is 0 Å². The molecule has 0 aliphatic rings. The molecule has 0 radical (unpaired) electrons. The van der Waals surface area contributed by atoms with Crippen LogP contribution in [0.15, 0.2) is 24.3 Å². The lowest BCUT2D eigenvalue weighted by atomic mass is 10.3. The zero-order chi connectivity index (χ0) is 15.2. The standard InChI is InChI=1S/C14H17N3O3S/c1-9-12(13(19)15-7-8-18)21-14(16-9)17-10-5-3-4-6-11(10)20-2/h3-6,18H,7-8H2,1-2H3,(H,15,19)(H,16,17). The number of carbonyl (C=O) groups is 1. The number of carbonyl (C=O) groups excluding carboxylic acids is 1. The maximum absolute atomic E-state index is 11.9. The van der Waals surface area contributed by atoms with Gasteiger partial charge in [0.05, 0.1) is 25.1 Å². The number of aromatic nitrogens is 1. The monoisotopic (exact) mass is 307 g/mol. The molecule has 0 spiro atoms. The van der Waals surface area contributed by atoms with Gasteiger partial charge in [-0.05, 0) is 19.1 Å². The van der Waals surface area contributed by atoms with E-state index in [1.54, 1.807) is 14.0 Å². The van der Waals surface area contributed by atoms with Crippen LogP contribution in [0.1, 0.15) is 15.4 Å². The van der Waals surface area contributed by atoms with Crippen LogP contribution in [0.3, 0.4) is 0 Å². The van der Waals surface area contributed by atoms with Crippen LogP contribution in [-0.4, -0.2) is 36.3 Å². The van der Waals surface area contributed by atoms with E-state index in [2.05, 4.69) is 15.6 Å². The van der Waals surface area contributed by atoms with Crippen molar-refractivity contribution in [2.24, 2.45) is 0 Å². The number of aliphatic hydroxyl groups is 1. The highest BCUT2D eigenvalue weighted by molar-refractivity contribution is 7.17. The Balaban J connectivity index is 2.17. The third kappa shape index (κ3) is 3.71. The van der Waals surface area contributed by atoms with Crippen LogP contribution in [0.4, 0.5) is 10.8 Å². The van der Waals surface area contributed by atoms with Crippen molar-refractivity contribution < 1.29 is 14.6 Å². The van der Waals surface area contributed by atoms with Crippen LogP contribution in [0, 0.1) is 6.92 Å². The van der Waals surface area contributed by atoms with E-state index in [1.165, 1.54) is 11.3 Å². The van der Waals surface area contributed by atoms with Gasteiger partial charge in [0.1, 0.15) is 10.6 Å². The number of amides is 1. The highest BCUT2D eigenvalue weighted by Crippen LogP contribution is 2.30. The van der Waals surface area contributed by atoms with Crippen molar-refractivity contribution in [3.05, 3.63) is 34.8 Å². The van der Waals surface area contributed by atoms with Gasteiger partial charge in [0.2, 0.25) is 0 Å². The van der Waals surface area contributed by atoms with E-state index in [0.29, 0.717) is 21.5 Å². The molecule has 0 saturated heterocycles. The molecule has 2 rings (SSSR count). The fourth-order valence-electron chi connectivity index (χ4n) is 1.77. The lowest BCUT2D eigenvalue weighted by Gasteiger charge is -2.07. The van der Waals surface area contributed by atoms with Crippen LogP contribution in [0.5, 0.6) is 5.75 Å². The molecule has 1 heterocycles. The molecular weight excluding hydrogens is 290 g/mol. The van der Waals surface area contributed by atoms with Crippen molar-refractivity contribution in [1.82, 2.24) is 10.3 Å². The van der Waals surface area contributed by atoms with Gasteiger partial charge in [-0.2, -0.15) is 0 Å². The topological polar surface area (TPSA) is 83.5 Å². The molecule has 0 unspecified atom stereocenters. The van der Waals surface area contributed by atoms with Gasteiger partial charge in [0.25, 0.3) is 5.91 Å². The quantitative estimate of drug-likeness (QED) is 0.759. The number of rotatable bonds is 6. The smallest absolute Gasteiger partial charge is 0.263 e. The second-order valence-corrected chi connectivity index (χ2v) is 5.24. The van der Waals surface area contributed by atoms with E-state index < -0.39 is 0 Å². The largest absolute Gasteiger partial charge is 0.495 e. The lowest BCUT2D eigenvalue weighted by Crippen LogP contribution is -2.26. The van der Waals surface area contributed by atoms with Crippen LogP contribution < -0.4 is 15.4 Å². The molecule has 21 heavy (non-hydrogen) atoms. The Kier molecular flexibility index (Phi) is 5.13. The van der Waals surface area contributed by atoms with Gasteiger partial charge in [-0.25, -0.2) is 4.98 Å². The van der Waals surface area contributed by atoms with Gasteiger partial charge >= 0.3 is 0 Å². The number of nitrogens with one attached hydrogen (secondary N) is 2. The van der Waals surface area contributed by atoms with Gasteiger partial charge in [0.15, 0.2) is 5.13 Å². The number of ether oxygens (including phenoxy) is 1. The first-order valence-corrected chi connectivity index (χ1v) is 7.24. The molecule has 112 valence electrons. The number of para-hydroxylation sites is 2. The van der Waals surface area contributed by atoms with E-state index in [1.807, 2.05) is 24.3 Å². The normalized spacial score (nSPS) is 10.2. The SMILES string of the molecule is COc1ccccc1Nc1nc(C)c(C(=O)NCCO)s1. The molecule has 0 saturated carbocycles. The minimum atomic E-state index is -0.230. The Morgan fingerprint density at radius 1 is 1.43 bits per heavy atom. The van der Waals surface area contributed by atoms with E-state index in [4.69, 9.17) is 9.84 Å². The summed E-state index contributed by atoms with van der Waals surface area (Å²) in [5, 5.41) is 15.1. The summed E-state index contributed by atoms with van der Waals surface area (Å²) in [6.07, 6.45) is 0. The maximum atomic E-state index is 11.9. The number of hydrogen-bond acceptors (Lipinski definition) is 6. The molecule has 1 amide bonds. The summed E-state index contributed by atoms with van der Waals surface area (Å²) in [4.78, 5) is 16.8. The van der Waals surface area contributed by atoms with Crippen molar-refractivity contribution in [2.45, 2.75) is 6.92 Å². The number of methoxy groups -OCH3 is 1.